The van der Waals surface area contributed by atoms with Crippen LogP contribution < -0.4 is 26.0 Å². The van der Waals surface area contributed by atoms with Gasteiger partial charge in [-0.05, 0) is 126 Å². The van der Waals surface area contributed by atoms with Crippen LogP contribution in [0.1, 0.15) is 137 Å². The molecule has 2 aliphatic rings. The van der Waals surface area contributed by atoms with E-state index in [4.69, 9.17) is 4.74 Å². The molecular weight excluding hydrogens is 653 g/mol. The summed E-state index contributed by atoms with van der Waals surface area (Å²) >= 11 is 0. The molecule has 0 amide bonds. The van der Waals surface area contributed by atoms with Crippen LogP contribution in [0.3, 0.4) is 0 Å². The van der Waals surface area contributed by atoms with Gasteiger partial charge in [-0.15, -0.1) is 0 Å². The number of aryl methyl sites for hydroxylation is 1. The Labute approximate surface area is 327 Å². The fourth-order valence-electron chi connectivity index (χ4n) is 8.15. The highest BCUT2D eigenvalue weighted by Gasteiger charge is 2.43. The zero-order valence-electron chi connectivity index (χ0n) is 36.0. The molecule has 0 saturated carbocycles. The summed E-state index contributed by atoms with van der Waals surface area (Å²) in [6.07, 6.45) is 0. The summed E-state index contributed by atoms with van der Waals surface area (Å²) in [6.45, 7) is 37.1. The van der Waals surface area contributed by atoms with Crippen LogP contribution in [0.2, 0.25) is 0 Å². The fourth-order valence-corrected chi connectivity index (χ4v) is 8.15. The molecule has 0 radical (unpaired) electrons. The van der Waals surface area contributed by atoms with E-state index in [1.54, 1.807) is 0 Å². The molecule has 0 N–H and O–H groups in total. The molecule has 2 nitrogen and oxygen atoms in total. The van der Waals surface area contributed by atoms with Crippen LogP contribution in [0.15, 0.2) is 84.9 Å². The highest BCUT2D eigenvalue weighted by Crippen LogP contribution is 2.48. The highest BCUT2D eigenvalue weighted by atomic mass is 16.5. The average molecular weight is 716 g/mol. The molecule has 0 aliphatic carbocycles. The van der Waals surface area contributed by atoms with Crippen LogP contribution in [-0.4, -0.2) is 6.71 Å². The van der Waals surface area contributed by atoms with Gasteiger partial charge in [-0.1, -0.05) is 152 Å². The molecule has 0 unspecified atom stereocenters. The molecular formula is C51H62BNO. The molecule has 3 heteroatoms. The normalized spacial score (nSPS) is 14.4. The number of rotatable bonds is 2. The Morgan fingerprint density at radius 2 is 0.944 bits per heavy atom. The summed E-state index contributed by atoms with van der Waals surface area (Å²) in [4.78, 5) is 2.58. The number of hydrogen-bond acceptors (Lipinski definition) is 2. The van der Waals surface area contributed by atoms with E-state index in [2.05, 4.69) is 201 Å². The Kier molecular flexibility index (Phi) is 8.73. The number of nitrogens with zero attached hydrogens (tertiary/aromatic N) is 1. The van der Waals surface area contributed by atoms with Gasteiger partial charge in [0, 0.05) is 16.9 Å². The van der Waals surface area contributed by atoms with Gasteiger partial charge in [-0.2, -0.15) is 0 Å². The van der Waals surface area contributed by atoms with E-state index in [0.29, 0.717) is 0 Å². The first-order valence-electron chi connectivity index (χ1n) is 20.0. The largest absolute Gasteiger partial charge is 0.458 e. The van der Waals surface area contributed by atoms with E-state index < -0.39 is 0 Å². The maximum absolute atomic E-state index is 6.91. The maximum Gasteiger partial charge on any atom is 0.256 e. The van der Waals surface area contributed by atoms with E-state index in [0.717, 1.165) is 11.5 Å². The Balaban J connectivity index is 1.60. The van der Waals surface area contributed by atoms with Crippen molar-refractivity contribution in [1.82, 2.24) is 0 Å². The Bertz CT molecular complexity index is 2260. The molecule has 7 rings (SSSR count). The van der Waals surface area contributed by atoms with Crippen molar-refractivity contribution >= 4 is 40.2 Å². The minimum absolute atomic E-state index is 0.00335. The molecule has 5 aromatic carbocycles. The van der Waals surface area contributed by atoms with E-state index in [1.807, 2.05) is 0 Å². The first-order chi connectivity index (χ1) is 24.8. The molecule has 2 heterocycles. The molecule has 280 valence electrons. The van der Waals surface area contributed by atoms with Crippen molar-refractivity contribution in [3.05, 3.63) is 118 Å². The van der Waals surface area contributed by atoms with Crippen LogP contribution in [0.25, 0.3) is 11.1 Å². The second-order valence-corrected chi connectivity index (χ2v) is 21.4. The third-order valence-electron chi connectivity index (χ3n) is 11.7. The minimum atomic E-state index is -0.0205. The van der Waals surface area contributed by atoms with E-state index >= 15 is 0 Å². The van der Waals surface area contributed by atoms with Gasteiger partial charge in [0.1, 0.15) is 11.5 Å². The monoisotopic (exact) mass is 715 g/mol. The summed E-state index contributed by atoms with van der Waals surface area (Å²) in [6, 6.07) is 33.4. The summed E-state index contributed by atoms with van der Waals surface area (Å²) in [7, 11) is 0. The van der Waals surface area contributed by atoms with Crippen molar-refractivity contribution in [2.24, 2.45) is 0 Å². The molecule has 0 saturated heterocycles. The molecule has 0 fully saturated rings. The lowest BCUT2D eigenvalue weighted by Gasteiger charge is -2.42. The van der Waals surface area contributed by atoms with Crippen molar-refractivity contribution in [3.8, 4) is 22.6 Å². The van der Waals surface area contributed by atoms with Gasteiger partial charge < -0.3 is 9.64 Å². The predicted octanol–water partition coefficient (Wildman–Crippen LogP) is 12.6. The second-order valence-electron chi connectivity index (χ2n) is 21.4. The Hall–Kier alpha value is -4.24. The van der Waals surface area contributed by atoms with Crippen LogP contribution in [0, 0.1) is 6.92 Å². The van der Waals surface area contributed by atoms with Crippen molar-refractivity contribution in [2.75, 3.05) is 4.90 Å². The first kappa shape index (κ1) is 38.1. The summed E-state index contributed by atoms with van der Waals surface area (Å²) in [5.41, 5.74) is 17.9. The number of ether oxygens (including phenoxy) is 1. The third-order valence-corrected chi connectivity index (χ3v) is 11.7. The first-order valence-corrected chi connectivity index (χ1v) is 20.0. The lowest BCUT2D eigenvalue weighted by Crippen LogP contribution is -2.59. The molecule has 0 bridgehead atoms. The van der Waals surface area contributed by atoms with E-state index in [9.17, 15) is 0 Å². The van der Waals surface area contributed by atoms with Gasteiger partial charge in [0.05, 0.1) is 5.69 Å². The summed E-state index contributed by atoms with van der Waals surface area (Å²) < 4.78 is 6.91. The van der Waals surface area contributed by atoms with Gasteiger partial charge in [0.15, 0.2) is 0 Å². The smallest absolute Gasteiger partial charge is 0.256 e. The van der Waals surface area contributed by atoms with Crippen molar-refractivity contribution in [1.29, 1.82) is 0 Å². The molecule has 0 atom stereocenters. The minimum Gasteiger partial charge on any atom is -0.458 e. The number of hydrogen-bond donors (Lipinski definition) is 0. The number of fused-ring (bicyclic) bond motifs is 4. The van der Waals surface area contributed by atoms with E-state index in [1.165, 1.54) is 78.0 Å². The van der Waals surface area contributed by atoms with Gasteiger partial charge in [-0.3, -0.25) is 0 Å². The fraction of sp³-hybridized carbons (Fsp3) is 0.412. The predicted molar refractivity (Wildman–Crippen MR) is 236 cm³/mol. The van der Waals surface area contributed by atoms with E-state index in [-0.39, 0.29) is 33.8 Å². The van der Waals surface area contributed by atoms with Gasteiger partial charge in [0.2, 0.25) is 0 Å². The quantitative estimate of drug-likeness (QED) is 0.165. The van der Waals surface area contributed by atoms with Crippen molar-refractivity contribution in [3.63, 3.8) is 0 Å². The average Bonchev–Trinajstić information content (AvgIpc) is 3.05. The zero-order chi connectivity index (χ0) is 39.5. The van der Waals surface area contributed by atoms with Gasteiger partial charge >= 0.3 is 0 Å². The lowest BCUT2D eigenvalue weighted by molar-refractivity contribution is 0.486. The third kappa shape index (κ3) is 6.71. The molecule has 5 aromatic rings. The number of benzene rings is 5. The van der Waals surface area contributed by atoms with Crippen molar-refractivity contribution in [2.45, 2.75) is 138 Å². The molecule has 2 aliphatic heterocycles. The highest BCUT2D eigenvalue weighted by molar-refractivity contribution is 6.99. The maximum atomic E-state index is 6.91. The Morgan fingerprint density at radius 3 is 1.52 bits per heavy atom. The SMILES string of the molecule is Cc1cc2c3c(c1)N(c1ccc(C(C)(C)C)cc1-c1cc(C(C)(C)C)cc(C(C)(C)C)c1)c1cc(C(C)(C)C)ccc1B3c1cc(C(C)(C)C)ccc1O2. The van der Waals surface area contributed by atoms with Crippen LogP contribution in [0.4, 0.5) is 17.1 Å². The standard InChI is InChI=1S/C51H62BNO/c1-31-23-43-46-45(24-31)54-44-22-19-34(48(5,6)7)29-40(44)52(46)39-20-17-35(49(8,9)10)30-42(39)53(43)41-21-18-33(47(2,3)4)28-38(41)32-25-36(50(11,12)13)27-37(26-32)51(14,15)16/h17-30H,1-16H3. The second kappa shape index (κ2) is 12.4. The summed E-state index contributed by atoms with van der Waals surface area (Å²) in [5.74, 6) is 1.92. The van der Waals surface area contributed by atoms with Gasteiger partial charge in [-0.25, -0.2) is 0 Å². The lowest BCUT2D eigenvalue weighted by atomic mass is 9.34. The number of anilines is 3. The van der Waals surface area contributed by atoms with Crippen molar-refractivity contribution < 1.29 is 4.74 Å². The van der Waals surface area contributed by atoms with Crippen LogP contribution >= 0.6 is 0 Å². The molecule has 0 aromatic heterocycles. The van der Waals surface area contributed by atoms with Gasteiger partial charge in [0.25, 0.3) is 6.71 Å². The van der Waals surface area contributed by atoms with Crippen LogP contribution in [-0.2, 0) is 27.1 Å². The summed E-state index contributed by atoms with van der Waals surface area (Å²) in [5, 5.41) is 0. The molecule has 54 heavy (non-hydrogen) atoms. The topological polar surface area (TPSA) is 12.5 Å². The molecule has 0 spiro atoms. The zero-order valence-corrected chi connectivity index (χ0v) is 36.0. The Morgan fingerprint density at radius 1 is 0.426 bits per heavy atom. The van der Waals surface area contributed by atoms with Crippen LogP contribution in [0.5, 0.6) is 11.5 Å².